The number of hydrogen-bond acceptors (Lipinski definition) is 8. The number of nitro benzene ring substituents is 1. The van der Waals surface area contributed by atoms with Gasteiger partial charge in [-0.15, -0.1) is 0 Å². The number of rotatable bonds is 10. The van der Waals surface area contributed by atoms with Crippen LogP contribution in [0.5, 0.6) is 11.5 Å². The molecule has 0 radical (unpaired) electrons. The Morgan fingerprint density at radius 2 is 1.70 bits per heavy atom. The molecule has 0 unspecified atom stereocenters. The van der Waals surface area contributed by atoms with Crippen molar-refractivity contribution in [3.05, 3.63) is 96.9 Å². The second-order valence-corrected chi connectivity index (χ2v) is 10.1. The highest BCUT2D eigenvalue weighted by atomic mass is 35.5. The molecule has 1 saturated heterocycles. The van der Waals surface area contributed by atoms with Crippen LogP contribution in [0.15, 0.2) is 65.6 Å². The Kier molecular flexibility index (Phi) is 9.30. The van der Waals surface area contributed by atoms with Crippen molar-refractivity contribution >= 4 is 69.5 Å². The predicted octanol–water partition coefficient (Wildman–Crippen LogP) is 6.55. The normalized spacial score (nSPS) is 14.0. The smallest absolute Gasteiger partial charge is 0.294 e. The number of nitrogens with one attached hydrogen (secondary N) is 1. The third-order valence-corrected chi connectivity index (χ3v) is 6.94. The largest absolute Gasteiger partial charge is 0.494 e. The van der Waals surface area contributed by atoms with E-state index in [4.69, 9.17) is 32.7 Å². The lowest BCUT2D eigenvalue weighted by Crippen LogP contribution is -2.36. The minimum Gasteiger partial charge on any atom is -0.494 e. The second kappa shape index (κ2) is 12.9. The maximum Gasteiger partial charge on any atom is 0.294 e. The lowest BCUT2D eigenvalue weighted by atomic mass is 10.2. The van der Waals surface area contributed by atoms with Crippen LogP contribution >= 0.6 is 35.0 Å². The van der Waals surface area contributed by atoms with E-state index >= 15 is 0 Å². The number of carbonyl (C=O) groups excluding carboxylic acids is 3. The number of nitrogens with zero attached hydrogens (tertiary/aromatic N) is 2. The van der Waals surface area contributed by atoms with Crippen LogP contribution in [0, 0.1) is 10.1 Å². The minimum atomic E-state index is -0.623. The number of imide groups is 1. The van der Waals surface area contributed by atoms with E-state index in [9.17, 15) is 24.5 Å². The van der Waals surface area contributed by atoms with Crippen LogP contribution in [0.1, 0.15) is 18.1 Å². The van der Waals surface area contributed by atoms with Crippen molar-refractivity contribution in [2.24, 2.45) is 0 Å². The lowest BCUT2D eigenvalue weighted by Gasteiger charge is -2.13. The summed E-state index contributed by atoms with van der Waals surface area (Å²) in [6.45, 7) is 1.99. The summed E-state index contributed by atoms with van der Waals surface area (Å²) in [7, 11) is 0. The van der Waals surface area contributed by atoms with Gasteiger partial charge >= 0.3 is 0 Å². The van der Waals surface area contributed by atoms with E-state index < -0.39 is 28.5 Å². The highest BCUT2D eigenvalue weighted by molar-refractivity contribution is 8.18. The highest BCUT2D eigenvalue weighted by Crippen LogP contribution is 2.38. The molecule has 0 aliphatic carbocycles. The van der Waals surface area contributed by atoms with Crippen LogP contribution in [-0.4, -0.2) is 40.0 Å². The third kappa shape index (κ3) is 7.12. The second-order valence-electron chi connectivity index (χ2n) is 8.30. The van der Waals surface area contributed by atoms with Gasteiger partial charge in [0, 0.05) is 17.8 Å². The Hall–Kier alpha value is -4.06. The van der Waals surface area contributed by atoms with Gasteiger partial charge in [0.05, 0.1) is 26.5 Å². The maximum absolute atomic E-state index is 12.9. The van der Waals surface area contributed by atoms with E-state index in [1.165, 1.54) is 30.3 Å². The Labute approximate surface area is 243 Å². The summed E-state index contributed by atoms with van der Waals surface area (Å²) in [6.07, 6.45) is 1.45. The average Bonchev–Trinajstić information content (AvgIpc) is 3.17. The highest BCUT2D eigenvalue weighted by Gasteiger charge is 2.36. The molecular formula is C27H21Cl2N3O7S. The first-order chi connectivity index (χ1) is 19.1. The van der Waals surface area contributed by atoms with E-state index in [-0.39, 0.29) is 33.0 Å². The van der Waals surface area contributed by atoms with Crippen LogP contribution < -0.4 is 14.8 Å². The van der Waals surface area contributed by atoms with Crippen LogP contribution in [0.2, 0.25) is 10.0 Å². The van der Waals surface area contributed by atoms with Gasteiger partial charge in [0.1, 0.15) is 18.9 Å². The summed E-state index contributed by atoms with van der Waals surface area (Å²) < 4.78 is 11.1. The molecule has 1 heterocycles. The van der Waals surface area contributed by atoms with Gasteiger partial charge in [0.15, 0.2) is 5.75 Å². The zero-order valence-corrected chi connectivity index (χ0v) is 23.2. The quantitative estimate of drug-likeness (QED) is 0.157. The standard InChI is InChI=1S/C27H21Cl2N3O7S/c1-2-38-20-9-5-18(6-10-20)30-24(33)14-31-26(34)23(40-27(31)35)13-17-11-21(28)25(22(29)12-17)39-15-16-3-7-19(8-4-16)32(36)37/h3-13H,2,14-15H2,1H3,(H,30,33)/b23-13+. The molecule has 0 spiro atoms. The Morgan fingerprint density at radius 1 is 1.05 bits per heavy atom. The van der Waals surface area contributed by atoms with Crippen molar-refractivity contribution in [1.82, 2.24) is 4.90 Å². The molecule has 1 aliphatic rings. The van der Waals surface area contributed by atoms with E-state index in [2.05, 4.69) is 5.32 Å². The van der Waals surface area contributed by atoms with E-state index in [1.807, 2.05) is 6.92 Å². The van der Waals surface area contributed by atoms with Crippen molar-refractivity contribution < 1.29 is 28.8 Å². The van der Waals surface area contributed by atoms with E-state index in [0.717, 1.165) is 4.90 Å². The van der Waals surface area contributed by atoms with Gasteiger partial charge < -0.3 is 14.8 Å². The van der Waals surface area contributed by atoms with Gasteiger partial charge in [-0.1, -0.05) is 23.2 Å². The molecule has 0 bridgehead atoms. The van der Waals surface area contributed by atoms with Crippen LogP contribution in [0.3, 0.4) is 0 Å². The molecule has 0 saturated carbocycles. The van der Waals surface area contributed by atoms with Crippen molar-refractivity contribution in [3.8, 4) is 11.5 Å². The van der Waals surface area contributed by atoms with Crippen LogP contribution in [0.25, 0.3) is 6.08 Å². The van der Waals surface area contributed by atoms with Crippen molar-refractivity contribution in [2.75, 3.05) is 18.5 Å². The summed E-state index contributed by atoms with van der Waals surface area (Å²) >= 11 is 13.4. The summed E-state index contributed by atoms with van der Waals surface area (Å²) in [5, 5.41) is 13.2. The van der Waals surface area contributed by atoms with Gasteiger partial charge in [-0.05, 0) is 84.4 Å². The fourth-order valence-corrected chi connectivity index (χ4v) is 5.05. The molecule has 40 heavy (non-hydrogen) atoms. The number of ether oxygens (including phenoxy) is 2. The number of benzene rings is 3. The number of hydrogen-bond donors (Lipinski definition) is 1. The summed E-state index contributed by atoms with van der Waals surface area (Å²) in [5.41, 5.74) is 1.57. The first-order valence-corrected chi connectivity index (χ1v) is 13.3. The first-order valence-electron chi connectivity index (χ1n) is 11.8. The fourth-order valence-electron chi connectivity index (χ4n) is 3.60. The molecule has 206 valence electrons. The Bertz CT molecular complexity index is 1470. The molecule has 3 amide bonds. The van der Waals surface area contributed by atoms with Gasteiger partial charge in [0.25, 0.3) is 16.8 Å². The summed E-state index contributed by atoms with van der Waals surface area (Å²) in [6, 6.07) is 15.6. The molecular weight excluding hydrogens is 581 g/mol. The Balaban J connectivity index is 1.39. The number of amides is 3. The molecule has 10 nitrogen and oxygen atoms in total. The fraction of sp³-hybridized carbons (Fsp3) is 0.148. The zero-order valence-electron chi connectivity index (χ0n) is 20.9. The summed E-state index contributed by atoms with van der Waals surface area (Å²) in [5.74, 6) is -0.310. The molecule has 1 fully saturated rings. The number of anilines is 1. The molecule has 13 heteroatoms. The van der Waals surface area contributed by atoms with Crippen LogP contribution in [0.4, 0.5) is 16.2 Å². The summed E-state index contributed by atoms with van der Waals surface area (Å²) in [4.78, 5) is 49.1. The molecule has 1 N–H and O–H groups in total. The van der Waals surface area contributed by atoms with Crippen molar-refractivity contribution in [3.63, 3.8) is 0 Å². The SMILES string of the molecule is CCOc1ccc(NC(=O)CN2C(=O)S/C(=C/c3cc(Cl)c(OCc4ccc([N+](=O)[O-])cc4)c(Cl)c3)C2=O)cc1. The lowest BCUT2D eigenvalue weighted by molar-refractivity contribution is -0.384. The molecule has 3 aromatic rings. The third-order valence-electron chi connectivity index (χ3n) is 5.47. The zero-order chi connectivity index (χ0) is 28.8. The number of nitro groups is 1. The average molecular weight is 602 g/mol. The maximum atomic E-state index is 12.9. The van der Waals surface area contributed by atoms with Crippen molar-refractivity contribution in [1.29, 1.82) is 0 Å². The minimum absolute atomic E-state index is 0.0400. The number of thioether (sulfide) groups is 1. The van der Waals surface area contributed by atoms with Crippen LogP contribution in [-0.2, 0) is 16.2 Å². The van der Waals surface area contributed by atoms with E-state index in [1.54, 1.807) is 36.4 Å². The molecule has 0 atom stereocenters. The topological polar surface area (TPSA) is 128 Å². The van der Waals surface area contributed by atoms with Gasteiger partial charge in [-0.2, -0.15) is 0 Å². The number of non-ortho nitro benzene ring substituents is 1. The molecule has 3 aromatic carbocycles. The van der Waals surface area contributed by atoms with Gasteiger partial charge in [-0.3, -0.25) is 29.4 Å². The molecule has 4 rings (SSSR count). The van der Waals surface area contributed by atoms with Gasteiger partial charge in [0.2, 0.25) is 5.91 Å². The van der Waals surface area contributed by atoms with E-state index in [0.29, 0.717) is 40.9 Å². The monoisotopic (exact) mass is 601 g/mol. The number of carbonyl (C=O) groups is 3. The molecule has 0 aromatic heterocycles. The number of halogens is 2. The van der Waals surface area contributed by atoms with Gasteiger partial charge in [-0.25, -0.2) is 0 Å². The van der Waals surface area contributed by atoms with Crippen molar-refractivity contribution in [2.45, 2.75) is 13.5 Å². The predicted molar refractivity (Wildman–Crippen MR) is 153 cm³/mol. The molecule has 1 aliphatic heterocycles. The first kappa shape index (κ1) is 28.9. The Morgan fingerprint density at radius 3 is 2.30 bits per heavy atom.